The van der Waals surface area contributed by atoms with Crippen molar-refractivity contribution in [2.24, 2.45) is 0 Å². The fourth-order valence-corrected chi connectivity index (χ4v) is 4.46. The van der Waals surface area contributed by atoms with Gasteiger partial charge in [0.15, 0.2) is 11.5 Å². The third kappa shape index (κ3) is 6.94. The molecule has 10 heteroatoms. The van der Waals surface area contributed by atoms with E-state index in [1.54, 1.807) is 18.2 Å². The van der Waals surface area contributed by atoms with Gasteiger partial charge in [0.05, 0.1) is 13.0 Å². The number of nitrogens with one attached hydrogen (secondary N) is 1. The number of ether oxygens (including phenoxy) is 3. The van der Waals surface area contributed by atoms with Crippen LogP contribution in [0.3, 0.4) is 0 Å². The number of alkyl halides is 3. The van der Waals surface area contributed by atoms with E-state index in [1.807, 2.05) is 12.1 Å². The first-order valence-electron chi connectivity index (χ1n) is 11.7. The Labute approximate surface area is 201 Å². The maximum absolute atomic E-state index is 13.5. The minimum Gasteiger partial charge on any atom is -0.508 e. The van der Waals surface area contributed by atoms with E-state index in [4.69, 9.17) is 14.2 Å². The standard InChI is InChI=1S/C25H29F3N2O5/c26-25(27,28)23-2-1-10-30(23)16-18(14-17-3-8-21-22(15-17)35-13-12-34-21)29-24(32)9-11-33-20-6-4-19(31)5-7-20/h3-8,15,18,23,31H,1-2,9-14,16H2,(H,29,32). The van der Waals surface area contributed by atoms with Crippen LogP contribution in [0.5, 0.6) is 23.0 Å². The van der Waals surface area contributed by atoms with E-state index >= 15 is 0 Å². The number of carbonyl (C=O) groups is 1. The van der Waals surface area contributed by atoms with Gasteiger partial charge in [0.2, 0.25) is 5.91 Å². The van der Waals surface area contributed by atoms with E-state index in [1.165, 1.54) is 17.0 Å². The molecule has 0 aromatic heterocycles. The van der Waals surface area contributed by atoms with Crippen LogP contribution in [-0.4, -0.2) is 67.1 Å². The summed E-state index contributed by atoms with van der Waals surface area (Å²) in [6.45, 7) is 1.41. The Bertz CT molecular complexity index is 1000. The van der Waals surface area contributed by atoms with Crippen LogP contribution in [0.15, 0.2) is 42.5 Å². The van der Waals surface area contributed by atoms with Gasteiger partial charge in [-0.25, -0.2) is 0 Å². The number of hydrogen-bond donors (Lipinski definition) is 2. The first kappa shape index (κ1) is 25.0. The van der Waals surface area contributed by atoms with Crippen molar-refractivity contribution in [1.29, 1.82) is 0 Å². The van der Waals surface area contributed by atoms with Gasteiger partial charge in [-0.1, -0.05) is 6.07 Å². The van der Waals surface area contributed by atoms with Crippen LogP contribution in [0.2, 0.25) is 0 Å². The van der Waals surface area contributed by atoms with Crippen molar-refractivity contribution in [1.82, 2.24) is 10.2 Å². The quantitative estimate of drug-likeness (QED) is 0.554. The number of likely N-dealkylation sites (tertiary alicyclic amines) is 1. The van der Waals surface area contributed by atoms with E-state index in [9.17, 15) is 23.1 Å². The van der Waals surface area contributed by atoms with E-state index in [0.717, 1.165) is 5.56 Å². The molecule has 0 saturated carbocycles. The number of fused-ring (bicyclic) bond motifs is 1. The number of phenolic OH excluding ortho intramolecular Hbond substituents is 1. The topological polar surface area (TPSA) is 80.3 Å². The number of benzene rings is 2. The Hall–Kier alpha value is -3.14. The summed E-state index contributed by atoms with van der Waals surface area (Å²) < 4.78 is 57.2. The van der Waals surface area contributed by atoms with Gasteiger partial charge < -0.3 is 24.6 Å². The van der Waals surface area contributed by atoms with Gasteiger partial charge in [-0.3, -0.25) is 9.69 Å². The van der Waals surface area contributed by atoms with Crippen LogP contribution in [0.25, 0.3) is 0 Å². The molecule has 1 saturated heterocycles. The molecule has 2 aliphatic heterocycles. The van der Waals surface area contributed by atoms with Gasteiger partial charge in [0.25, 0.3) is 0 Å². The molecule has 190 valence electrons. The predicted octanol–water partition coefficient (Wildman–Crippen LogP) is 3.69. The molecule has 2 N–H and O–H groups in total. The van der Waals surface area contributed by atoms with Crippen molar-refractivity contribution >= 4 is 5.91 Å². The molecule has 0 spiro atoms. The number of aromatic hydroxyl groups is 1. The molecule has 4 rings (SSSR count). The second-order valence-corrected chi connectivity index (χ2v) is 8.73. The molecule has 2 heterocycles. The molecule has 2 aromatic rings. The van der Waals surface area contributed by atoms with Gasteiger partial charge in [-0.15, -0.1) is 0 Å². The molecule has 2 aliphatic rings. The molecular weight excluding hydrogens is 465 g/mol. The number of phenols is 1. The highest BCUT2D eigenvalue weighted by atomic mass is 19.4. The average molecular weight is 495 g/mol. The summed E-state index contributed by atoms with van der Waals surface area (Å²) in [5.74, 6) is 1.53. The average Bonchev–Trinajstić information content (AvgIpc) is 3.29. The Morgan fingerprint density at radius 2 is 1.89 bits per heavy atom. The van der Waals surface area contributed by atoms with Gasteiger partial charge in [-0.2, -0.15) is 13.2 Å². The molecule has 2 aromatic carbocycles. The zero-order chi connectivity index (χ0) is 24.8. The molecule has 0 radical (unpaired) electrons. The highest BCUT2D eigenvalue weighted by molar-refractivity contribution is 5.76. The lowest BCUT2D eigenvalue weighted by atomic mass is 10.0. The molecule has 2 unspecified atom stereocenters. The Morgan fingerprint density at radius 1 is 1.14 bits per heavy atom. The minimum absolute atomic E-state index is 0.0429. The highest BCUT2D eigenvalue weighted by Gasteiger charge is 2.46. The van der Waals surface area contributed by atoms with Gasteiger partial charge in [0, 0.05) is 12.6 Å². The molecule has 7 nitrogen and oxygen atoms in total. The lowest BCUT2D eigenvalue weighted by Crippen LogP contribution is -2.50. The summed E-state index contributed by atoms with van der Waals surface area (Å²) >= 11 is 0. The normalized spacial score (nSPS) is 18.8. The predicted molar refractivity (Wildman–Crippen MR) is 122 cm³/mol. The van der Waals surface area contributed by atoms with Crippen LogP contribution in [0.1, 0.15) is 24.8 Å². The van der Waals surface area contributed by atoms with Crippen LogP contribution in [0.4, 0.5) is 13.2 Å². The van der Waals surface area contributed by atoms with Crippen LogP contribution >= 0.6 is 0 Å². The highest BCUT2D eigenvalue weighted by Crippen LogP contribution is 2.34. The van der Waals surface area contributed by atoms with Crippen LogP contribution in [-0.2, 0) is 11.2 Å². The summed E-state index contributed by atoms with van der Waals surface area (Å²) in [5.41, 5.74) is 0.836. The van der Waals surface area contributed by atoms with E-state index in [2.05, 4.69) is 5.32 Å². The van der Waals surface area contributed by atoms with Gasteiger partial charge in [-0.05, 0) is 67.8 Å². The summed E-state index contributed by atoms with van der Waals surface area (Å²) in [4.78, 5) is 14.1. The number of hydrogen-bond acceptors (Lipinski definition) is 6. The Balaban J connectivity index is 1.40. The van der Waals surface area contributed by atoms with Crippen LogP contribution in [0, 0.1) is 0 Å². The SMILES string of the molecule is O=C(CCOc1ccc(O)cc1)NC(Cc1ccc2c(c1)OCCO2)CN1CCCC1C(F)(F)F. The van der Waals surface area contributed by atoms with Gasteiger partial charge >= 0.3 is 6.18 Å². The summed E-state index contributed by atoms with van der Waals surface area (Å²) in [7, 11) is 0. The smallest absolute Gasteiger partial charge is 0.404 e. The Morgan fingerprint density at radius 3 is 2.63 bits per heavy atom. The second kappa shape index (κ2) is 11.1. The number of nitrogens with zero attached hydrogens (tertiary/aromatic N) is 1. The third-order valence-electron chi connectivity index (χ3n) is 6.08. The number of rotatable bonds is 9. The molecule has 2 atom stereocenters. The molecule has 1 amide bonds. The van der Waals surface area contributed by atoms with Gasteiger partial charge in [0.1, 0.15) is 30.8 Å². The van der Waals surface area contributed by atoms with E-state index in [0.29, 0.717) is 49.8 Å². The number of amides is 1. The monoisotopic (exact) mass is 494 g/mol. The van der Waals surface area contributed by atoms with Crippen molar-refractivity contribution in [3.05, 3.63) is 48.0 Å². The molecule has 0 aliphatic carbocycles. The fraction of sp³-hybridized carbons (Fsp3) is 0.480. The van der Waals surface area contributed by atoms with E-state index in [-0.39, 0.29) is 37.6 Å². The number of carbonyl (C=O) groups excluding carboxylic acids is 1. The maximum atomic E-state index is 13.5. The zero-order valence-corrected chi connectivity index (χ0v) is 19.2. The lowest BCUT2D eigenvalue weighted by molar-refractivity contribution is -0.176. The minimum atomic E-state index is -4.31. The first-order chi connectivity index (χ1) is 16.8. The zero-order valence-electron chi connectivity index (χ0n) is 19.2. The molecule has 1 fully saturated rings. The molecule has 0 bridgehead atoms. The van der Waals surface area contributed by atoms with Crippen molar-refractivity contribution in [2.75, 3.05) is 32.9 Å². The van der Waals surface area contributed by atoms with Crippen molar-refractivity contribution in [2.45, 2.75) is 43.9 Å². The Kier molecular flexibility index (Phi) is 7.90. The lowest BCUT2D eigenvalue weighted by Gasteiger charge is -2.31. The van der Waals surface area contributed by atoms with E-state index < -0.39 is 18.3 Å². The fourth-order valence-electron chi connectivity index (χ4n) is 4.46. The summed E-state index contributed by atoms with van der Waals surface area (Å²) in [5, 5.41) is 12.2. The molecule has 35 heavy (non-hydrogen) atoms. The first-order valence-corrected chi connectivity index (χ1v) is 11.7. The summed E-state index contributed by atoms with van der Waals surface area (Å²) in [6.07, 6.45) is -3.38. The molecular formula is C25H29F3N2O5. The second-order valence-electron chi connectivity index (χ2n) is 8.73. The largest absolute Gasteiger partial charge is 0.508 e. The summed E-state index contributed by atoms with van der Waals surface area (Å²) in [6, 6.07) is 9.53. The number of halogens is 3. The van der Waals surface area contributed by atoms with Crippen molar-refractivity contribution in [3.8, 4) is 23.0 Å². The van der Waals surface area contributed by atoms with Crippen LogP contribution < -0.4 is 19.5 Å². The third-order valence-corrected chi connectivity index (χ3v) is 6.08. The van der Waals surface area contributed by atoms with Crippen molar-refractivity contribution < 1.29 is 37.3 Å². The van der Waals surface area contributed by atoms with Crippen molar-refractivity contribution in [3.63, 3.8) is 0 Å². The maximum Gasteiger partial charge on any atom is 0.404 e.